The number of aromatic nitrogens is 2. The monoisotopic (exact) mass is 230 g/mol. The number of aryl methyl sites for hydroxylation is 1. The van der Waals surface area contributed by atoms with E-state index in [0.717, 1.165) is 12.8 Å². The van der Waals surface area contributed by atoms with Gasteiger partial charge in [0.25, 0.3) is 0 Å². The van der Waals surface area contributed by atoms with E-state index in [9.17, 15) is 4.79 Å². The highest BCUT2D eigenvalue weighted by Crippen LogP contribution is 2.03. The van der Waals surface area contributed by atoms with E-state index in [1.54, 1.807) is 0 Å². The molecule has 0 bridgehead atoms. The van der Waals surface area contributed by atoms with Crippen molar-refractivity contribution in [1.82, 2.24) is 9.78 Å². The summed E-state index contributed by atoms with van der Waals surface area (Å²) in [6, 6.07) is 10.1. The molecule has 0 aliphatic carbocycles. The molecule has 0 N–H and O–H groups in total. The summed E-state index contributed by atoms with van der Waals surface area (Å²) >= 11 is 0. The summed E-state index contributed by atoms with van der Waals surface area (Å²) in [6.07, 6.45) is 7.12. The Morgan fingerprint density at radius 1 is 1.29 bits per heavy atom. The van der Waals surface area contributed by atoms with Crippen molar-refractivity contribution in [3.63, 3.8) is 0 Å². The maximum atomic E-state index is 11.0. The van der Waals surface area contributed by atoms with Gasteiger partial charge in [0, 0.05) is 6.54 Å². The minimum Gasteiger partial charge on any atom is -0.395 e. The van der Waals surface area contributed by atoms with E-state index in [2.05, 4.69) is 33.8 Å². The third-order valence-corrected chi connectivity index (χ3v) is 2.40. The van der Waals surface area contributed by atoms with E-state index < -0.39 is 5.76 Å². The van der Waals surface area contributed by atoms with E-state index >= 15 is 0 Å². The molecule has 0 fully saturated rings. The van der Waals surface area contributed by atoms with E-state index in [0.29, 0.717) is 6.54 Å². The molecule has 0 radical (unpaired) electrons. The Bertz CT molecular complexity index is 526. The first-order chi connectivity index (χ1) is 8.36. The smallest absolute Gasteiger partial charge is 0.395 e. The fraction of sp³-hybridized carbons (Fsp3) is 0.231. The van der Waals surface area contributed by atoms with Crippen LogP contribution in [-0.2, 0) is 6.54 Å². The lowest BCUT2D eigenvalue weighted by Gasteiger charge is -1.95. The molecule has 0 unspecified atom stereocenters. The van der Waals surface area contributed by atoms with Crippen molar-refractivity contribution < 1.29 is 4.42 Å². The zero-order valence-electron chi connectivity index (χ0n) is 9.45. The fourth-order valence-corrected chi connectivity index (χ4v) is 1.53. The normalized spacial score (nSPS) is 11.1. The zero-order valence-corrected chi connectivity index (χ0v) is 9.45. The molecule has 0 saturated carbocycles. The minimum atomic E-state index is -0.392. The largest absolute Gasteiger partial charge is 0.436 e. The van der Waals surface area contributed by atoms with Crippen LogP contribution in [0.25, 0.3) is 6.08 Å². The van der Waals surface area contributed by atoms with Crippen molar-refractivity contribution in [3.8, 4) is 0 Å². The van der Waals surface area contributed by atoms with E-state index in [1.165, 1.54) is 16.6 Å². The number of nitrogens with zero attached hydrogens (tertiary/aromatic N) is 2. The van der Waals surface area contributed by atoms with Crippen LogP contribution in [0.5, 0.6) is 0 Å². The van der Waals surface area contributed by atoms with Gasteiger partial charge >= 0.3 is 5.76 Å². The summed E-state index contributed by atoms with van der Waals surface area (Å²) in [4.78, 5) is 11.0. The van der Waals surface area contributed by atoms with Crippen molar-refractivity contribution in [2.24, 2.45) is 0 Å². The Labute approximate surface area is 99.2 Å². The molecule has 0 amide bonds. The Morgan fingerprint density at radius 2 is 2.12 bits per heavy atom. The summed E-state index contributed by atoms with van der Waals surface area (Å²) in [6.45, 7) is 0.592. The molecule has 1 aromatic carbocycles. The summed E-state index contributed by atoms with van der Waals surface area (Å²) in [5, 5.41) is 3.78. The van der Waals surface area contributed by atoms with Crippen LogP contribution in [0.3, 0.4) is 0 Å². The molecular formula is C13H14N2O2. The number of allylic oxidation sites excluding steroid dienone is 1. The summed E-state index contributed by atoms with van der Waals surface area (Å²) in [5.74, 6) is -0.392. The minimum absolute atomic E-state index is 0.392. The molecule has 17 heavy (non-hydrogen) atoms. The Balaban J connectivity index is 1.75. The molecule has 0 saturated heterocycles. The quantitative estimate of drug-likeness (QED) is 0.741. The highest BCUT2D eigenvalue weighted by Gasteiger charge is 1.97. The van der Waals surface area contributed by atoms with Crippen LogP contribution in [0, 0.1) is 0 Å². The number of hydrogen-bond donors (Lipinski definition) is 0. The molecule has 0 aliphatic rings. The first-order valence-electron chi connectivity index (χ1n) is 5.58. The third-order valence-electron chi connectivity index (χ3n) is 2.40. The average Bonchev–Trinajstić information content (AvgIpc) is 2.76. The van der Waals surface area contributed by atoms with Crippen LogP contribution in [0.2, 0.25) is 0 Å². The standard InChI is InChI=1S/C13H14N2O2/c16-13-15(14-11-17-13)10-6-2-5-9-12-7-3-1-4-8-12/h1,3-5,7-9,11H,2,6,10H2. The maximum absolute atomic E-state index is 11.0. The van der Waals surface area contributed by atoms with E-state index in [1.807, 2.05) is 18.2 Å². The summed E-state index contributed by atoms with van der Waals surface area (Å²) in [7, 11) is 0. The van der Waals surface area contributed by atoms with E-state index in [-0.39, 0.29) is 0 Å². The van der Waals surface area contributed by atoms with Gasteiger partial charge in [0.1, 0.15) is 0 Å². The van der Waals surface area contributed by atoms with Gasteiger partial charge in [-0.15, -0.1) is 5.10 Å². The highest BCUT2D eigenvalue weighted by atomic mass is 16.4. The second-order valence-corrected chi connectivity index (χ2v) is 3.68. The predicted molar refractivity (Wildman–Crippen MR) is 65.5 cm³/mol. The molecule has 2 aromatic rings. The van der Waals surface area contributed by atoms with Gasteiger partial charge in [-0.05, 0) is 18.4 Å². The zero-order chi connectivity index (χ0) is 11.9. The molecule has 4 heteroatoms. The van der Waals surface area contributed by atoms with Crippen molar-refractivity contribution in [2.45, 2.75) is 19.4 Å². The lowest BCUT2D eigenvalue weighted by atomic mass is 10.2. The van der Waals surface area contributed by atoms with Gasteiger partial charge in [-0.1, -0.05) is 42.5 Å². The number of benzene rings is 1. The van der Waals surface area contributed by atoms with Gasteiger partial charge < -0.3 is 4.42 Å². The molecule has 88 valence electrons. The Hall–Kier alpha value is -2.10. The first kappa shape index (κ1) is 11.4. The molecule has 4 nitrogen and oxygen atoms in total. The average molecular weight is 230 g/mol. The number of unbranched alkanes of at least 4 members (excludes halogenated alkanes) is 1. The van der Waals surface area contributed by atoms with Gasteiger partial charge in [0.15, 0.2) is 0 Å². The van der Waals surface area contributed by atoms with Gasteiger partial charge in [-0.2, -0.15) is 4.68 Å². The molecule has 0 aliphatic heterocycles. The van der Waals surface area contributed by atoms with Crippen molar-refractivity contribution in [1.29, 1.82) is 0 Å². The lowest BCUT2D eigenvalue weighted by Crippen LogP contribution is -2.15. The predicted octanol–water partition coefficient (Wildman–Crippen LogP) is 2.33. The van der Waals surface area contributed by atoms with Crippen LogP contribution >= 0.6 is 0 Å². The number of rotatable bonds is 5. The molecule has 0 spiro atoms. The van der Waals surface area contributed by atoms with Gasteiger partial charge in [-0.25, -0.2) is 4.79 Å². The summed E-state index contributed by atoms with van der Waals surface area (Å²) < 4.78 is 5.90. The first-order valence-corrected chi connectivity index (χ1v) is 5.58. The van der Waals surface area contributed by atoms with Crippen molar-refractivity contribution in [2.75, 3.05) is 0 Å². The second-order valence-electron chi connectivity index (χ2n) is 3.68. The Morgan fingerprint density at radius 3 is 2.82 bits per heavy atom. The van der Waals surface area contributed by atoms with Crippen molar-refractivity contribution >= 4 is 6.08 Å². The van der Waals surface area contributed by atoms with Gasteiger partial charge in [0.2, 0.25) is 6.39 Å². The maximum Gasteiger partial charge on any atom is 0.436 e. The van der Waals surface area contributed by atoms with Crippen molar-refractivity contribution in [3.05, 3.63) is 58.9 Å². The van der Waals surface area contributed by atoms with Crippen LogP contribution in [0.15, 0.2) is 52.0 Å². The lowest BCUT2D eigenvalue weighted by molar-refractivity contribution is 0.469. The summed E-state index contributed by atoms with van der Waals surface area (Å²) in [5.41, 5.74) is 1.19. The molecule has 1 aromatic heterocycles. The fourth-order valence-electron chi connectivity index (χ4n) is 1.53. The second kappa shape index (κ2) is 5.84. The van der Waals surface area contributed by atoms with Crippen LogP contribution in [-0.4, -0.2) is 9.78 Å². The molecule has 2 rings (SSSR count). The Kier molecular flexibility index (Phi) is 3.91. The van der Waals surface area contributed by atoms with Crippen LogP contribution in [0.1, 0.15) is 18.4 Å². The highest BCUT2D eigenvalue weighted by molar-refractivity contribution is 5.48. The SMILES string of the molecule is O=c1ocnn1CCCC=Cc1ccccc1. The molecular weight excluding hydrogens is 216 g/mol. The van der Waals surface area contributed by atoms with Crippen LogP contribution in [0.4, 0.5) is 0 Å². The van der Waals surface area contributed by atoms with Crippen LogP contribution < -0.4 is 5.76 Å². The molecule has 0 atom stereocenters. The molecule has 1 heterocycles. The number of hydrogen-bond acceptors (Lipinski definition) is 3. The third kappa shape index (κ3) is 3.45. The van der Waals surface area contributed by atoms with Gasteiger partial charge in [0.05, 0.1) is 0 Å². The topological polar surface area (TPSA) is 48.0 Å². The van der Waals surface area contributed by atoms with Gasteiger partial charge in [-0.3, -0.25) is 0 Å². The van der Waals surface area contributed by atoms with E-state index in [4.69, 9.17) is 0 Å².